The first-order chi connectivity index (χ1) is 15.9. The summed E-state index contributed by atoms with van der Waals surface area (Å²) in [6, 6.07) is 5.19. The van der Waals surface area contributed by atoms with E-state index in [1.807, 2.05) is 26.8 Å². The molecule has 0 radical (unpaired) electrons. The number of hydrogen-bond donors (Lipinski definition) is 2. The third-order valence-corrected chi connectivity index (χ3v) is 5.19. The van der Waals surface area contributed by atoms with Crippen LogP contribution in [0.5, 0.6) is 0 Å². The van der Waals surface area contributed by atoms with Gasteiger partial charge in [-0.05, 0) is 24.5 Å². The molecule has 0 fully saturated rings. The number of carbonyl (C=O) groups is 1. The molecule has 0 saturated heterocycles. The van der Waals surface area contributed by atoms with Gasteiger partial charge >= 0.3 is 5.69 Å². The van der Waals surface area contributed by atoms with Gasteiger partial charge in [-0.3, -0.25) is 19.1 Å². The highest BCUT2D eigenvalue weighted by Crippen LogP contribution is 2.20. The quantitative estimate of drug-likeness (QED) is 0.437. The highest BCUT2D eigenvalue weighted by atomic mass is 16.2. The molecule has 170 valence electrons. The number of fused-ring (bicyclic) bond motifs is 1. The number of nitrogens with zero attached hydrogens (tertiary/aromatic N) is 6. The highest BCUT2D eigenvalue weighted by molar-refractivity contribution is 6.05. The Morgan fingerprint density at radius 1 is 1.27 bits per heavy atom. The average molecular weight is 448 g/mol. The van der Waals surface area contributed by atoms with Crippen LogP contribution < -0.4 is 16.6 Å². The van der Waals surface area contributed by atoms with E-state index in [0.29, 0.717) is 24.5 Å². The molecular weight excluding hydrogens is 424 g/mol. The number of pyridine rings is 2. The molecule has 0 spiro atoms. The Balaban J connectivity index is 1.77. The molecule has 4 aromatic heterocycles. The van der Waals surface area contributed by atoms with Crippen LogP contribution in [0.2, 0.25) is 0 Å². The van der Waals surface area contributed by atoms with Gasteiger partial charge in [0, 0.05) is 30.5 Å². The van der Waals surface area contributed by atoms with E-state index >= 15 is 0 Å². The molecule has 11 heteroatoms. The van der Waals surface area contributed by atoms with Crippen molar-refractivity contribution in [3.63, 3.8) is 0 Å². The number of hydrogen-bond acceptors (Lipinski definition) is 7. The molecule has 0 bridgehead atoms. The first-order valence-corrected chi connectivity index (χ1v) is 10.7. The van der Waals surface area contributed by atoms with Gasteiger partial charge < -0.3 is 5.32 Å². The van der Waals surface area contributed by atoms with Crippen LogP contribution in [0, 0.1) is 0 Å². The normalized spacial score (nSPS) is 11.3. The van der Waals surface area contributed by atoms with Crippen LogP contribution in [0.15, 0.2) is 46.6 Å². The Kier molecular flexibility index (Phi) is 6.11. The Bertz CT molecular complexity index is 1420. The maximum absolute atomic E-state index is 13.3. The van der Waals surface area contributed by atoms with Gasteiger partial charge in [0.1, 0.15) is 12.7 Å². The van der Waals surface area contributed by atoms with Crippen LogP contribution in [0.25, 0.3) is 16.9 Å². The van der Waals surface area contributed by atoms with E-state index in [1.165, 1.54) is 21.9 Å². The minimum absolute atomic E-state index is 0.0114. The standard InChI is InChI=1S/C22H24N8O3/c1-4-8-29-19-17(21(32)28-22(29)33)15(9-16(27-19)13(2)3)20(31)25-10-14-6-5-7-24-18(14)30-12-23-11-26-30/h5-7,9,11-13H,4,8,10H2,1-3H3,(H,25,31)(H,28,32,33). The molecule has 0 saturated carbocycles. The van der Waals surface area contributed by atoms with E-state index in [1.54, 1.807) is 18.3 Å². The summed E-state index contributed by atoms with van der Waals surface area (Å²) in [7, 11) is 0. The molecule has 11 nitrogen and oxygen atoms in total. The van der Waals surface area contributed by atoms with Crippen molar-refractivity contribution in [2.24, 2.45) is 0 Å². The van der Waals surface area contributed by atoms with Crippen LogP contribution in [-0.4, -0.2) is 40.2 Å². The predicted octanol–water partition coefficient (Wildman–Crippen LogP) is 1.52. The van der Waals surface area contributed by atoms with Crippen LogP contribution in [0.3, 0.4) is 0 Å². The lowest BCUT2D eigenvalue weighted by Crippen LogP contribution is -2.33. The van der Waals surface area contributed by atoms with Crippen LogP contribution >= 0.6 is 0 Å². The second-order valence-corrected chi connectivity index (χ2v) is 7.87. The second-order valence-electron chi connectivity index (χ2n) is 7.87. The zero-order valence-corrected chi connectivity index (χ0v) is 18.6. The van der Waals surface area contributed by atoms with Gasteiger partial charge in [-0.25, -0.2) is 24.4 Å². The molecular formula is C22H24N8O3. The lowest BCUT2D eigenvalue weighted by molar-refractivity contribution is 0.0952. The highest BCUT2D eigenvalue weighted by Gasteiger charge is 2.20. The number of H-pyrrole nitrogens is 1. The number of aromatic amines is 1. The first kappa shape index (κ1) is 22.1. The van der Waals surface area contributed by atoms with Gasteiger partial charge in [0.25, 0.3) is 11.5 Å². The number of nitrogens with one attached hydrogen (secondary N) is 2. The summed E-state index contributed by atoms with van der Waals surface area (Å²) in [5, 5.41) is 7.05. The van der Waals surface area contributed by atoms with Gasteiger partial charge in [-0.1, -0.05) is 26.8 Å². The summed E-state index contributed by atoms with van der Waals surface area (Å²) >= 11 is 0. The summed E-state index contributed by atoms with van der Waals surface area (Å²) in [6.45, 7) is 6.31. The van der Waals surface area contributed by atoms with E-state index in [4.69, 9.17) is 0 Å². The summed E-state index contributed by atoms with van der Waals surface area (Å²) in [6.07, 6.45) is 5.21. The van der Waals surface area contributed by atoms with Crippen LogP contribution in [0.4, 0.5) is 0 Å². The van der Waals surface area contributed by atoms with E-state index in [-0.39, 0.29) is 29.1 Å². The number of carbonyl (C=O) groups excluding carboxylic acids is 1. The summed E-state index contributed by atoms with van der Waals surface area (Å²) in [5.41, 5.74) is 0.539. The van der Waals surface area contributed by atoms with Gasteiger partial charge in [-0.2, -0.15) is 5.10 Å². The summed E-state index contributed by atoms with van der Waals surface area (Å²) < 4.78 is 2.91. The van der Waals surface area contributed by atoms with Crippen molar-refractivity contribution in [3.8, 4) is 5.82 Å². The van der Waals surface area contributed by atoms with Crippen LogP contribution in [0.1, 0.15) is 54.7 Å². The van der Waals surface area contributed by atoms with E-state index in [2.05, 4.69) is 30.4 Å². The number of rotatable bonds is 7. The zero-order valence-electron chi connectivity index (χ0n) is 18.6. The molecule has 0 atom stereocenters. The van der Waals surface area contributed by atoms with Crippen molar-refractivity contribution >= 4 is 16.9 Å². The van der Waals surface area contributed by atoms with Gasteiger partial charge in [-0.15, -0.1) is 0 Å². The zero-order chi connectivity index (χ0) is 23.5. The van der Waals surface area contributed by atoms with Gasteiger partial charge in [0.2, 0.25) is 0 Å². The lowest BCUT2D eigenvalue weighted by atomic mass is 10.0. The van der Waals surface area contributed by atoms with Crippen molar-refractivity contribution in [2.75, 3.05) is 0 Å². The molecule has 0 aromatic carbocycles. The van der Waals surface area contributed by atoms with Crippen molar-refractivity contribution in [1.82, 2.24) is 39.6 Å². The Morgan fingerprint density at radius 3 is 2.79 bits per heavy atom. The molecule has 0 aliphatic carbocycles. The molecule has 4 heterocycles. The number of aryl methyl sites for hydroxylation is 1. The Morgan fingerprint density at radius 2 is 2.09 bits per heavy atom. The maximum Gasteiger partial charge on any atom is 0.329 e. The van der Waals surface area contributed by atoms with Crippen molar-refractivity contribution in [2.45, 2.75) is 46.2 Å². The molecule has 4 rings (SSSR count). The minimum Gasteiger partial charge on any atom is -0.348 e. The molecule has 1 amide bonds. The lowest BCUT2D eigenvalue weighted by Gasteiger charge is -2.15. The Labute approximate surface area is 188 Å². The van der Waals surface area contributed by atoms with E-state index in [9.17, 15) is 14.4 Å². The fourth-order valence-corrected chi connectivity index (χ4v) is 3.56. The third-order valence-electron chi connectivity index (χ3n) is 5.19. The van der Waals surface area contributed by atoms with E-state index in [0.717, 1.165) is 5.56 Å². The molecule has 0 unspecified atom stereocenters. The fourth-order valence-electron chi connectivity index (χ4n) is 3.56. The number of aromatic nitrogens is 7. The summed E-state index contributed by atoms with van der Waals surface area (Å²) in [4.78, 5) is 53.5. The molecule has 33 heavy (non-hydrogen) atoms. The predicted molar refractivity (Wildman–Crippen MR) is 121 cm³/mol. The molecule has 0 aliphatic heterocycles. The topological polar surface area (TPSA) is 140 Å². The third kappa shape index (κ3) is 4.29. The van der Waals surface area contributed by atoms with Crippen LogP contribution in [-0.2, 0) is 13.1 Å². The average Bonchev–Trinajstić information content (AvgIpc) is 3.34. The number of amides is 1. The molecule has 4 aromatic rings. The van der Waals surface area contributed by atoms with Gasteiger partial charge in [0.05, 0.1) is 10.9 Å². The van der Waals surface area contributed by atoms with Gasteiger partial charge in [0.15, 0.2) is 11.5 Å². The van der Waals surface area contributed by atoms with Crippen molar-refractivity contribution in [1.29, 1.82) is 0 Å². The SMILES string of the molecule is CCCn1c(=O)[nH]c(=O)c2c(C(=O)NCc3cccnc3-n3cncn3)cc(C(C)C)nc21. The van der Waals surface area contributed by atoms with Crippen molar-refractivity contribution in [3.05, 3.63) is 74.7 Å². The fraction of sp³-hybridized carbons (Fsp3) is 0.318. The maximum atomic E-state index is 13.3. The smallest absolute Gasteiger partial charge is 0.329 e. The van der Waals surface area contributed by atoms with Crippen molar-refractivity contribution < 1.29 is 4.79 Å². The largest absolute Gasteiger partial charge is 0.348 e. The molecule has 0 aliphatic rings. The monoisotopic (exact) mass is 448 g/mol. The Hall–Kier alpha value is -4.15. The minimum atomic E-state index is -0.639. The first-order valence-electron chi connectivity index (χ1n) is 10.7. The molecule has 2 N–H and O–H groups in total. The van der Waals surface area contributed by atoms with E-state index < -0.39 is 17.2 Å². The summed E-state index contributed by atoms with van der Waals surface area (Å²) in [5.74, 6) is 0.0694. The second kappa shape index (κ2) is 9.15.